The van der Waals surface area contributed by atoms with E-state index in [1.165, 1.54) is 0 Å². The van der Waals surface area contributed by atoms with Crippen molar-refractivity contribution in [1.82, 2.24) is 0 Å². The molecule has 0 amide bonds. The smallest absolute Gasteiger partial charge is 0.335 e. The molecule has 15 atom stereocenters. The monoisotopic (exact) mass is 568 g/mol. The first kappa shape index (κ1) is 30.2. The van der Waals surface area contributed by atoms with E-state index >= 15 is 0 Å². The summed E-state index contributed by atoms with van der Waals surface area (Å²) in [5.74, 6) is -0.107. The molecule has 4 saturated carbocycles. The quantitative estimate of drug-likeness (QED) is 0.250. The number of fused-ring (bicyclic) bond motifs is 5. The Kier molecular flexibility index (Phi) is 8.36. The minimum Gasteiger partial charge on any atom is -0.481 e. The van der Waals surface area contributed by atoms with Crippen LogP contribution in [0.15, 0.2) is 0 Å². The van der Waals surface area contributed by atoms with E-state index in [-0.39, 0.29) is 35.2 Å². The zero-order valence-corrected chi connectivity index (χ0v) is 23.9. The van der Waals surface area contributed by atoms with Crippen molar-refractivity contribution in [2.75, 3.05) is 0 Å². The first-order chi connectivity index (χ1) is 18.8. The molecule has 0 spiro atoms. The van der Waals surface area contributed by atoms with Crippen molar-refractivity contribution in [3.05, 3.63) is 0 Å². The first-order valence-electron chi connectivity index (χ1n) is 15.3. The lowest BCUT2D eigenvalue weighted by Gasteiger charge is -2.62. The Balaban J connectivity index is 1.27. The van der Waals surface area contributed by atoms with Gasteiger partial charge in [0, 0.05) is 6.42 Å². The van der Waals surface area contributed by atoms with Crippen LogP contribution in [-0.4, -0.2) is 85.5 Å². The molecule has 0 radical (unpaired) electrons. The molecule has 1 saturated heterocycles. The fraction of sp³-hybridized carbons (Fsp3) is 0.933. The molecule has 1 aliphatic heterocycles. The van der Waals surface area contributed by atoms with Gasteiger partial charge in [0.2, 0.25) is 0 Å². The molecule has 228 valence electrons. The number of hydrogen-bond donors (Lipinski definition) is 6. The Hall–Kier alpha value is -1.30. The first-order valence-corrected chi connectivity index (χ1v) is 15.3. The molecule has 5 rings (SSSR count). The molecule has 5 fully saturated rings. The summed E-state index contributed by atoms with van der Waals surface area (Å²) in [5.41, 5.74) is 0.146. The van der Waals surface area contributed by atoms with E-state index in [0.717, 1.165) is 32.1 Å². The maximum Gasteiger partial charge on any atom is 0.335 e. The van der Waals surface area contributed by atoms with Gasteiger partial charge in [0.15, 0.2) is 12.4 Å². The maximum absolute atomic E-state index is 11.6. The second-order valence-corrected chi connectivity index (χ2v) is 14.2. The molecule has 5 aliphatic rings. The minimum absolute atomic E-state index is 0.0312. The van der Waals surface area contributed by atoms with Crippen LogP contribution in [0.5, 0.6) is 0 Å². The van der Waals surface area contributed by atoms with Crippen molar-refractivity contribution in [3.63, 3.8) is 0 Å². The van der Waals surface area contributed by atoms with Gasteiger partial charge in [-0.15, -0.1) is 0 Å². The highest BCUT2D eigenvalue weighted by molar-refractivity contribution is 5.73. The summed E-state index contributed by atoms with van der Waals surface area (Å²) in [4.78, 5) is 22.7. The van der Waals surface area contributed by atoms with E-state index in [4.69, 9.17) is 9.47 Å². The number of aliphatic carboxylic acids is 2. The van der Waals surface area contributed by atoms with E-state index in [1.54, 1.807) is 0 Å². The normalized spacial score (nSPS) is 51.3. The summed E-state index contributed by atoms with van der Waals surface area (Å²) < 4.78 is 11.4. The Labute approximate surface area is 236 Å². The molecule has 40 heavy (non-hydrogen) atoms. The zero-order chi connectivity index (χ0) is 29.1. The highest BCUT2D eigenvalue weighted by Crippen LogP contribution is 2.68. The molecule has 10 nitrogen and oxygen atoms in total. The second-order valence-electron chi connectivity index (χ2n) is 14.2. The van der Waals surface area contributed by atoms with E-state index in [9.17, 15) is 40.2 Å². The number of rotatable bonds is 7. The third-order valence-electron chi connectivity index (χ3n) is 12.3. The summed E-state index contributed by atoms with van der Waals surface area (Å²) in [5, 5.41) is 60.8. The van der Waals surface area contributed by atoms with Crippen LogP contribution >= 0.6 is 0 Å². The topological polar surface area (TPSA) is 174 Å². The van der Waals surface area contributed by atoms with Crippen molar-refractivity contribution in [2.45, 2.75) is 128 Å². The molecular formula is C30H48O10. The summed E-state index contributed by atoms with van der Waals surface area (Å²) in [7, 11) is 0. The maximum atomic E-state index is 11.6. The lowest BCUT2D eigenvalue weighted by Crippen LogP contribution is -2.61. The van der Waals surface area contributed by atoms with Gasteiger partial charge in [-0.3, -0.25) is 4.79 Å². The predicted octanol–water partition coefficient (Wildman–Crippen LogP) is 2.39. The number of aliphatic hydroxyl groups is 4. The Morgan fingerprint density at radius 3 is 2.25 bits per heavy atom. The minimum atomic E-state index is -1.75. The van der Waals surface area contributed by atoms with Crippen LogP contribution in [0, 0.1) is 46.3 Å². The van der Waals surface area contributed by atoms with Gasteiger partial charge in [0.1, 0.15) is 18.3 Å². The van der Waals surface area contributed by atoms with Crippen LogP contribution in [-0.2, 0) is 19.1 Å². The van der Waals surface area contributed by atoms with Crippen molar-refractivity contribution in [3.8, 4) is 0 Å². The van der Waals surface area contributed by atoms with Gasteiger partial charge in [-0.2, -0.15) is 0 Å². The van der Waals surface area contributed by atoms with E-state index < -0.39 is 48.7 Å². The lowest BCUT2D eigenvalue weighted by molar-refractivity contribution is -0.310. The molecule has 0 aromatic carbocycles. The van der Waals surface area contributed by atoms with Gasteiger partial charge >= 0.3 is 11.9 Å². The molecule has 0 bridgehead atoms. The van der Waals surface area contributed by atoms with Crippen molar-refractivity contribution >= 4 is 11.9 Å². The summed E-state index contributed by atoms with van der Waals surface area (Å²) in [6, 6.07) is 0. The van der Waals surface area contributed by atoms with Crippen LogP contribution < -0.4 is 0 Å². The lowest BCUT2D eigenvalue weighted by atomic mass is 9.43. The Bertz CT molecular complexity index is 959. The number of aliphatic hydroxyl groups excluding tert-OH is 4. The van der Waals surface area contributed by atoms with Gasteiger partial charge < -0.3 is 40.1 Å². The van der Waals surface area contributed by atoms with Gasteiger partial charge in [-0.25, -0.2) is 4.79 Å². The molecule has 0 aromatic rings. The molecule has 0 aromatic heterocycles. The summed E-state index contributed by atoms with van der Waals surface area (Å²) in [6.07, 6.45) is -0.687. The Morgan fingerprint density at radius 1 is 0.900 bits per heavy atom. The van der Waals surface area contributed by atoms with Crippen molar-refractivity contribution < 1.29 is 49.7 Å². The average molecular weight is 569 g/mol. The van der Waals surface area contributed by atoms with Crippen molar-refractivity contribution in [2.24, 2.45) is 46.3 Å². The van der Waals surface area contributed by atoms with Crippen LogP contribution in [0.25, 0.3) is 0 Å². The summed E-state index contributed by atoms with van der Waals surface area (Å²) >= 11 is 0. The number of carboxylic acid groups (broad SMARTS) is 2. The predicted molar refractivity (Wildman–Crippen MR) is 142 cm³/mol. The molecule has 6 N–H and O–H groups in total. The van der Waals surface area contributed by atoms with Crippen LogP contribution in [0.4, 0.5) is 0 Å². The Morgan fingerprint density at radius 2 is 1.57 bits per heavy atom. The SMILES string of the molecule is C[C@H](CCC(=O)O)[C@H]1CC[C@H]2[C@@H]3[C@H](O)C[C@@H]4C[C@H](OC5O[C@H](C(=O)O)[C@@H](O)[C@H](O)[C@H]5O)CC[C@]4(C)[C@H]3CC[C@]12C. The molecule has 10 heteroatoms. The number of carboxylic acids is 2. The van der Waals surface area contributed by atoms with Gasteiger partial charge in [0.25, 0.3) is 0 Å². The second kappa shape index (κ2) is 11.1. The molecular weight excluding hydrogens is 520 g/mol. The number of ether oxygens (including phenoxy) is 2. The van der Waals surface area contributed by atoms with Crippen LogP contribution in [0.3, 0.4) is 0 Å². The van der Waals surface area contributed by atoms with Crippen LogP contribution in [0.2, 0.25) is 0 Å². The average Bonchev–Trinajstić information content (AvgIpc) is 3.25. The highest BCUT2D eigenvalue weighted by Gasteiger charge is 2.63. The number of hydrogen-bond acceptors (Lipinski definition) is 8. The van der Waals surface area contributed by atoms with Gasteiger partial charge in [-0.05, 0) is 104 Å². The van der Waals surface area contributed by atoms with Gasteiger partial charge in [-0.1, -0.05) is 20.8 Å². The fourth-order valence-corrected chi connectivity index (χ4v) is 10.2. The third kappa shape index (κ3) is 5.00. The van der Waals surface area contributed by atoms with Crippen molar-refractivity contribution in [1.29, 1.82) is 0 Å². The highest BCUT2D eigenvalue weighted by atomic mass is 16.7. The number of carbonyl (C=O) groups is 2. The molecule has 4 aliphatic carbocycles. The zero-order valence-electron chi connectivity index (χ0n) is 23.9. The van der Waals surface area contributed by atoms with Gasteiger partial charge in [0.05, 0.1) is 12.2 Å². The largest absolute Gasteiger partial charge is 0.481 e. The van der Waals surface area contributed by atoms with E-state index in [0.29, 0.717) is 49.4 Å². The molecule has 1 heterocycles. The fourth-order valence-electron chi connectivity index (χ4n) is 10.2. The van der Waals surface area contributed by atoms with E-state index in [2.05, 4.69) is 20.8 Å². The molecule has 1 unspecified atom stereocenters. The van der Waals surface area contributed by atoms with Crippen LogP contribution in [0.1, 0.15) is 85.0 Å². The van der Waals surface area contributed by atoms with E-state index in [1.807, 2.05) is 0 Å². The third-order valence-corrected chi connectivity index (χ3v) is 12.3. The standard InChI is InChI=1S/C30H48O10/c1-14(4-7-21(32)33)17-5-6-18-22-19(9-11-30(17,18)3)29(2)10-8-16(12-15(29)13-20(22)31)39-28-25(36)23(34)24(35)26(40-28)27(37)38/h14-20,22-26,28,31,34-36H,4-13H2,1-3H3,(H,32,33)(H,37,38)/t14-,15+,16-,17-,18+,19+,20-,22+,23+,24+,25-,26+,28?,29+,30-/m1/s1. The summed E-state index contributed by atoms with van der Waals surface area (Å²) in [6.45, 7) is 6.95.